The van der Waals surface area contributed by atoms with Gasteiger partial charge in [-0.25, -0.2) is 0 Å². The molecule has 1 aliphatic carbocycles. The van der Waals surface area contributed by atoms with Crippen LogP contribution in [-0.2, 0) is 0 Å². The highest BCUT2D eigenvalue weighted by molar-refractivity contribution is 4.92. The zero-order valence-corrected chi connectivity index (χ0v) is 10.7. The smallest absolute Gasteiger partial charge is 0.0120 e. The second-order valence-corrected chi connectivity index (χ2v) is 6.64. The van der Waals surface area contributed by atoms with Gasteiger partial charge in [0, 0.05) is 19.1 Å². The molecule has 0 radical (unpaired) electrons. The second-order valence-electron chi connectivity index (χ2n) is 6.64. The van der Waals surface area contributed by atoms with Gasteiger partial charge >= 0.3 is 0 Å². The highest BCUT2D eigenvalue weighted by Gasteiger charge is 2.36. The van der Waals surface area contributed by atoms with E-state index in [4.69, 9.17) is 0 Å². The number of fused-ring (bicyclic) bond motifs is 2. The van der Waals surface area contributed by atoms with Gasteiger partial charge in [0.15, 0.2) is 0 Å². The van der Waals surface area contributed by atoms with Crippen LogP contribution in [0.2, 0.25) is 0 Å². The molecule has 2 bridgehead atoms. The van der Waals surface area contributed by atoms with Crippen molar-refractivity contribution >= 4 is 0 Å². The average molecular weight is 222 g/mol. The summed E-state index contributed by atoms with van der Waals surface area (Å²) < 4.78 is 0. The Bertz CT molecular complexity index is 245. The number of piperidine rings is 1. The van der Waals surface area contributed by atoms with Gasteiger partial charge in [-0.2, -0.15) is 0 Å². The molecule has 2 heteroatoms. The van der Waals surface area contributed by atoms with Crippen molar-refractivity contribution in [1.29, 1.82) is 0 Å². The molecule has 1 saturated carbocycles. The molecule has 3 atom stereocenters. The number of hydrogen-bond acceptors (Lipinski definition) is 2. The van der Waals surface area contributed by atoms with Crippen LogP contribution in [0.5, 0.6) is 0 Å². The molecule has 3 aliphatic rings. The molecular formula is C14H26N2. The Hall–Kier alpha value is -0.0800. The van der Waals surface area contributed by atoms with Gasteiger partial charge in [-0.3, -0.25) is 0 Å². The lowest BCUT2D eigenvalue weighted by molar-refractivity contribution is 0.199. The van der Waals surface area contributed by atoms with Crippen LogP contribution in [0.4, 0.5) is 0 Å². The summed E-state index contributed by atoms with van der Waals surface area (Å²) in [7, 11) is 0. The maximum atomic E-state index is 3.91. The van der Waals surface area contributed by atoms with E-state index < -0.39 is 0 Å². The molecule has 0 aromatic carbocycles. The lowest BCUT2D eigenvalue weighted by Crippen LogP contribution is -2.46. The first-order valence-electron chi connectivity index (χ1n) is 7.21. The van der Waals surface area contributed by atoms with Crippen LogP contribution in [0, 0.1) is 11.3 Å². The molecule has 2 heterocycles. The van der Waals surface area contributed by atoms with Crippen LogP contribution in [0.25, 0.3) is 0 Å². The molecule has 2 nitrogen and oxygen atoms in total. The minimum Gasteiger partial charge on any atom is -0.313 e. The largest absolute Gasteiger partial charge is 0.313 e. The first-order valence-corrected chi connectivity index (χ1v) is 7.21. The van der Waals surface area contributed by atoms with Crippen LogP contribution in [-0.4, -0.2) is 37.1 Å². The quantitative estimate of drug-likeness (QED) is 0.788. The molecule has 2 aliphatic heterocycles. The lowest BCUT2D eigenvalue weighted by Gasteiger charge is -2.34. The van der Waals surface area contributed by atoms with E-state index >= 15 is 0 Å². The van der Waals surface area contributed by atoms with Gasteiger partial charge in [-0.1, -0.05) is 19.8 Å². The van der Waals surface area contributed by atoms with Crippen LogP contribution in [0.1, 0.15) is 45.4 Å². The maximum Gasteiger partial charge on any atom is 0.0120 e. The van der Waals surface area contributed by atoms with Gasteiger partial charge in [-0.05, 0) is 50.1 Å². The highest BCUT2D eigenvalue weighted by atomic mass is 15.2. The summed E-state index contributed by atoms with van der Waals surface area (Å²) in [5.74, 6) is 0.957. The molecule has 2 saturated heterocycles. The van der Waals surface area contributed by atoms with Crippen LogP contribution >= 0.6 is 0 Å². The summed E-state index contributed by atoms with van der Waals surface area (Å²) in [5.41, 5.74) is 0.621. The van der Waals surface area contributed by atoms with Crippen molar-refractivity contribution in [1.82, 2.24) is 10.2 Å². The Balaban J connectivity index is 1.51. The fourth-order valence-corrected chi connectivity index (χ4v) is 4.00. The molecule has 3 fully saturated rings. The van der Waals surface area contributed by atoms with Crippen LogP contribution < -0.4 is 5.32 Å². The summed E-state index contributed by atoms with van der Waals surface area (Å²) in [6.45, 7) is 7.82. The van der Waals surface area contributed by atoms with Crippen molar-refractivity contribution in [3.63, 3.8) is 0 Å². The normalized spacial score (nSPS) is 41.4. The topological polar surface area (TPSA) is 15.3 Å². The van der Waals surface area contributed by atoms with E-state index in [2.05, 4.69) is 17.1 Å². The summed E-state index contributed by atoms with van der Waals surface area (Å²) in [6.07, 6.45) is 8.64. The second kappa shape index (κ2) is 4.30. The maximum absolute atomic E-state index is 3.91. The van der Waals surface area contributed by atoms with Gasteiger partial charge in [-0.15, -0.1) is 0 Å². The van der Waals surface area contributed by atoms with Gasteiger partial charge in [0.25, 0.3) is 0 Å². The zero-order valence-electron chi connectivity index (χ0n) is 10.7. The fourth-order valence-electron chi connectivity index (χ4n) is 4.00. The summed E-state index contributed by atoms with van der Waals surface area (Å²) in [4.78, 5) is 2.64. The van der Waals surface area contributed by atoms with Crippen molar-refractivity contribution in [2.45, 2.75) is 51.5 Å². The zero-order chi connectivity index (χ0) is 11.0. The number of rotatable bonds is 3. The number of nitrogens with one attached hydrogen (secondary N) is 1. The Morgan fingerprint density at radius 1 is 1.19 bits per heavy atom. The van der Waals surface area contributed by atoms with Gasteiger partial charge < -0.3 is 10.2 Å². The molecule has 0 aromatic rings. The summed E-state index contributed by atoms with van der Waals surface area (Å²) in [5, 5.41) is 3.91. The van der Waals surface area contributed by atoms with Crippen LogP contribution in [0.15, 0.2) is 0 Å². The average Bonchev–Trinajstić information content (AvgIpc) is 2.87. The highest BCUT2D eigenvalue weighted by Crippen LogP contribution is 2.37. The summed E-state index contributed by atoms with van der Waals surface area (Å²) in [6, 6.07) is 0.830. The molecule has 0 amide bonds. The minimum absolute atomic E-state index is 0.621. The first-order chi connectivity index (χ1) is 7.75. The van der Waals surface area contributed by atoms with Gasteiger partial charge in [0.1, 0.15) is 0 Å². The number of nitrogens with zero attached hydrogens (tertiary/aromatic N) is 1. The third kappa shape index (κ3) is 2.14. The molecule has 3 unspecified atom stereocenters. The van der Waals surface area contributed by atoms with E-state index in [0.29, 0.717) is 5.41 Å². The SMILES string of the molecule is CC1(CNC2CCN3CCC2C3)CCCC1. The van der Waals surface area contributed by atoms with E-state index in [1.807, 2.05) is 0 Å². The van der Waals surface area contributed by atoms with Crippen molar-refractivity contribution in [3.8, 4) is 0 Å². The number of hydrogen-bond donors (Lipinski definition) is 1. The monoisotopic (exact) mass is 222 g/mol. The molecule has 1 N–H and O–H groups in total. The lowest BCUT2D eigenvalue weighted by atomic mass is 9.87. The predicted octanol–water partition coefficient (Wildman–Crippen LogP) is 2.25. The molecule has 3 rings (SSSR count). The first kappa shape index (κ1) is 11.0. The molecule has 0 aromatic heterocycles. The molecule has 0 spiro atoms. The Morgan fingerprint density at radius 3 is 2.75 bits per heavy atom. The van der Waals surface area contributed by atoms with E-state index in [1.54, 1.807) is 0 Å². The van der Waals surface area contributed by atoms with E-state index in [1.165, 1.54) is 64.7 Å². The third-order valence-corrected chi connectivity index (χ3v) is 5.24. The Kier molecular flexibility index (Phi) is 2.97. The van der Waals surface area contributed by atoms with Crippen LogP contribution in [0.3, 0.4) is 0 Å². The molecule has 16 heavy (non-hydrogen) atoms. The molecule has 92 valence electrons. The van der Waals surface area contributed by atoms with Crippen molar-refractivity contribution in [2.24, 2.45) is 11.3 Å². The van der Waals surface area contributed by atoms with Gasteiger partial charge in [0.05, 0.1) is 0 Å². The molecular weight excluding hydrogens is 196 g/mol. The van der Waals surface area contributed by atoms with Gasteiger partial charge in [0.2, 0.25) is 0 Å². The Morgan fingerprint density at radius 2 is 1.94 bits per heavy atom. The van der Waals surface area contributed by atoms with E-state index in [-0.39, 0.29) is 0 Å². The van der Waals surface area contributed by atoms with Crippen molar-refractivity contribution in [3.05, 3.63) is 0 Å². The summed E-state index contributed by atoms with van der Waals surface area (Å²) >= 11 is 0. The predicted molar refractivity (Wildman–Crippen MR) is 67.5 cm³/mol. The standard InChI is InChI=1S/C14H26N2/c1-14(6-2-3-7-14)11-15-13-5-9-16-8-4-12(13)10-16/h12-13,15H,2-11H2,1H3. The van der Waals surface area contributed by atoms with E-state index in [9.17, 15) is 0 Å². The Labute approximate surface area is 99.8 Å². The fraction of sp³-hybridized carbons (Fsp3) is 1.00. The van der Waals surface area contributed by atoms with E-state index in [0.717, 1.165) is 12.0 Å². The van der Waals surface area contributed by atoms with Crippen molar-refractivity contribution < 1.29 is 0 Å². The van der Waals surface area contributed by atoms with Crippen molar-refractivity contribution in [2.75, 3.05) is 26.2 Å². The third-order valence-electron chi connectivity index (χ3n) is 5.24. The minimum atomic E-state index is 0.621.